The summed E-state index contributed by atoms with van der Waals surface area (Å²) in [6.07, 6.45) is 8.18. The van der Waals surface area contributed by atoms with Crippen molar-refractivity contribution in [3.63, 3.8) is 0 Å². The van der Waals surface area contributed by atoms with Gasteiger partial charge in [0.25, 0.3) is 5.91 Å². The molecule has 4 aromatic rings. The second kappa shape index (κ2) is 12.8. The van der Waals surface area contributed by atoms with E-state index in [4.69, 9.17) is 0 Å². The van der Waals surface area contributed by atoms with Gasteiger partial charge in [-0.3, -0.25) is 4.79 Å². The minimum absolute atomic E-state index is 0.0577. The second-order valence-electron chi connectivity index (χ2n) is 9.91. The number of hydrogen-bond donors (Lipinski definition) is 3. The average Bonchev–Trinajstić information content (AvgIpc) is 3.47. The van der Waals surface area contributed by atoms with Gasteiger partial charge >= 0.3 is 0 Å². The minimum Gasteiger partial charge on any atom is -0.390 e. The Kier molecular flexibility index (Phi) is 9.03. The summed E-state index contributed by atoms with van der Waals surface area (Å²) in [5.41, 5.74) is 5.03. The number of allylic oxidation sites excluding steroid dienone is 1. The van der Waals surface area contributed by atoms with Crippen LogP contribution < -0.4 is 10.6 Å². The van der Waals surface area contributed by atoms with Gasteiger partial charge in [0.2, 0.25) is 0 Å². The van der Waals surface area contributed by atoms with Gasteiger partial charge in [0.05, 0.1) is 18.5 Å². The van der Waals surface area contributed by atoms with E-state index in [-0.39, 0.29) is 18.9 Å². The number of hydrogen-bond acceptors (Lipinski definition) is 4. The smallest absolute Gasteiger partial charge is 0.251 e. The van der Waals surface area contributed by atoms with Crippen molar-refractivity contribution >= 4 is 40.3 Å². The van der Waals surface area contributed by atoms with Gasteiger partial charge in [-0.2, -0.15) is 0 Å². The summed E-state index contributed by atoms with van der Waals surface area (Å²) in [4.78, 5) is 17.5. The van der Waals surface area contributed by atoms with E-state index in [0.717, 1.165) is 44.9 Å². The molecule has 1 amide bonds. The molecule has 2 atom stereocenters. The number of carbonyl (C=O) groups excluding carboxylic acids is 1. The van der Waals surface area contributed by atoms with Crippen LogP contribution in [0.3, 0.4) is 0 Å². The van der Waals surface area contributed by atoms with Crippen molar-refractivity contribution in [3.8, 4) is 0 Å². The molecule has 0 aliphatic heterocycles. The Balaban J connectivity index is 1.32. The first-order chi connectivity index (χ1) is 19.3. The first-order valence-electron chi connectivity index (χ1n) is 13.0. The molecule has 206 valence electrons. The number of benzene rings is 3. The van der Waals surface area contributed by atoms with Gasteiger partial charge in [-0.25, -0.2) is 13.8 Å². The SMILES string of the molecule is O=C(N[C@@H](Cc1cc(F)cc(F)c1)[C@H](O)CNCc1cccc(I)c1)c1ccc2c(c1)C=C(n1ccnc1)CC2. The summed E-state index contributed by atoms with van der Waals surface area (Å²) in [6, 6.07) is 16.0. The summed E-state index contributed by atoms with van der Waals surface area (Å²) >= 11 is 2.24. The molecule has 3 aromatic carbocycles. The predicted molar refractivity (Wildman–Crippen MR) is 159 cm³/mol. The van der Waals surface area contributed by atoms with Crippen LogP contribution in [0, 0.1) is 15.2 Å². The van der Waals surface area contributed by atoms with Crippen LogP contribution in [0.2, 0.25) is 0 Å². The summed E-state index contributed by atoms with van der Waals surface area (Å²) in [7, 11) is 0. The number of amides is 1. The number of fused-ring (bicyclic) bond motifs is 1. The molecule has 0 spiro atoms. The lowest BCUT2D eigenvalue weighted by Gasteiger charge is -2.25. The number of rotatable bonds is 10. The third-order valence-electron chi connectivity index (χ3n) is 6.95. The van der Waals surface area contributed by atoms with Crippen molar-refractivity contribution in [1.82, 2.24) is 20.2 Å². The standard InChI is InChI=1S/C31H29F2IN4O2/c32-25-10-21(11-26(33)16-25)13-29(30(39)18-36-17-20-2-1-3-27(34)12-20)37-31(40)23-5-4-22-6-7-28(15-24(22)14-23)38-9-8-35-19-38/h1-5,8-12,14-16,19,29-30,36,39H,6-7,13,17-18H2,(H,37,40)/t29-,30+/m0/s1. The lowest BCUT2D eigenvalue weighted by Crippen LogP contribution is -2.48. The fourth-order valence-electron chi connectivity index (χ4n) is 4.92. The molecule has 9 heteroatoms. The summed E-state index contributed by atoms with van der Waals surface area (Å²) in [6.45, 7) is 0.703. The van der Waals surface area contributed by atoms with Gasteiger partial charge in [-0.1, -0.05) is 18.2 Å². The fourth-order valence-corrected chi connectivity index (χ4v) is 5.52. The van der Waals surface area contributed by atoms with Crippen molar-refractivity contribution in [2.75, 3.05) is 6.54 Å². The van der Waals surface area contributed by atoms with E-state index < -0.39 is 23.8 Å². The number of aryl methyl sites for hydroxylation is 1. The molecule has 6 nitrogen and oxygen atoms in total. The highest BCUT2D eigenvalue weighted by Crippen LogP contribution is 2.27. The fraction of sp³-hybridized carbons (Fsp3) is 0.226. The topological polar surface area (TPSA) is 79.2 Å². The zero-order valence-corrected chi connectivity index (χ0v) is 23.8. The zero-order valence-electron chi connectivity index (χ0n) is 21.7. The molecule has 0 saturated carbocycles. The van der Waals surface area contributed by atoms with Crippen LogP contribution in [0.5, 0.6) is 0 Å². The van der Waals surface area contributed by atoms with E-state index in [1.54, 1.807) is 18.6 Å². The number of nitrogens with zero attached hydrogens (tertiary/aromatic N) is 2. The molecule has 0 fully saturated rings. The van der Waals surface area contributed by atoms with Gasteiger partial charge in [0, 0.05) is 46.4 Å². The van der Waals surface area contributed by atoms with Crippen LogP contribution in [0.15, 0.2) is 79.4 Å². The normalized spacial score (nSPS) is 14.2. The largest absolute Gasteiger partial charge is 0.390 e. The Morgan fingerprint density at radius 3 is 2.62 bits per heavy atom. The molecule has 0 unspecified atom stereocenters. The van der Waals surface area contributed by atoms with Crippen LogP contribution in [-0.2, 0) is 19.4 Å². The Morgan fingerprint density at radius 1 is 1.05 bits per heavy atom. The molecule has 0 radical (unpaired) electrons. The third-order valence-corrected chi connectivity index (χ3v) is 7.62. The molecule has 1 aliphatic carbocycles. The highest BCUT2D eigenvalue weighted by Gasteiger charge is 2.24. The van der Waals surface area contributed by atoms with Crippen LogP contribution in [0.1, 0.15) is 39.0 Å². The lowest BCUT2D eigenvalue weighted by atomic mass is 9.93. The number of aromatic nitrogens is 2. The van der Waals surface area contributed by atoms with E-state index >= 15 is 0 Å². The van der Waals surface area contributed by atoms with Crippen LogP contribution in [0.4, 0.5) is 8.78 Å². The van der Waals surface area contributed by atoms with E-state index in [1.165, 1.54) is 12.1 Å². The van der Waals surface area contributed by atoms with E-state index in [0.29, 0.717) is 17.7 Å². The highest BCUT2D eigenvalue weighted by molar-refractivity contribution is 14.1. The maximum atomic E-state index is 13.9. The molecule has 3 N–H and O–H groups in total. The highest BCUT2D eigenvalue weighted by atomic mass is 127. The van der Waals surface area contributed by atoms with Crippen molar-refractivity contribution < 1.29 is 18.7 Å². The van der Waals surface area contributed by atoms with Gasteiger partial charge in [0.15, 0.2) is 0 Å². The number of aliphatic hydroxyl groups is 1. The van der Waals surface area contributed by atoms with Gasteiger partial charge in [-0.05, 0) is 107 Å². The number of nitrogens with one attached hydrogen (secondary N) is 2. The molecule has 40 heavy (non-hydrogen) atoms. The van der Waals surface area contributed by atoms with Crippen molar-refractivity contribution in [3.05, 3.63) is 122 Å². The number of carbonyl (C=O) groups is 1. The molecular formula is C31H29F2IN4O2. The van der Waals surface area contributed by atoms with Gasteiger partial charge in [0.1, 0.15) is 11.6 Å². The summed E-state index contributed by atoms with van der Waals surface area (Å²) in [5.74, 6) is -1.78. The summed E-state index contributed by atoms with van der Waals surface area (Å²) < 4.78 is 30.9. The van der Waals surface area contributed by atoms with Gasteiger partial charge in [-0.15, -0.1) is 0 Å². The maximum Gasteiger partial charge on any atom is 0.251 e. The molecule has 0 bridgehead atoms. The Bertz CT molecular complexity index is 1500. The predicted octanol–water partition coefficient (Wildman–Crippen LogP) is 5.20. The Hall–Kier alpha value is -3.41. The number of imidazole rings is 1. The second-order valence-corrected chi connectivity index (χ2v) is 11.2. The average molecular weight is 654 g/mol. The van der Waals surface area contributed by atoms with E-state index in [2.05, 4.69) is 38.2 Å². The first-order valence-corrected chi connectivity index (χ1v) is 14.1. The monoisotopic (exact) mass is 654 g/mol. The molecular weight excluding hydrogens is 625 g/mol. The van der Waals surface area contributed by atoms with Crippen molar-refractivity contribution in [2.45, 2.75) is 38.0 Å². The molecule has 0 saturated heterocycles. The molecule has 1 heterocycles. The molecule has 1 aliphatic rings. The summed E-state index contributed by atoms with van der Waals surface area (Å²) in [5, 5.41) is 17.2. The zero-order chi connectivity index (χ0) is 28.1. The van der Waals surface area contributed by atoms with E-state index in [1.807, 2.05) is 53.2 Å². The Morgan fingerprint density at radius 2 is 1.88 bits per heavy atom. The van der Waals surface area contributed by atoms with Gasteiger partial charge < -0.3 is 20.3 Å². The van der Waals surface area contributed by atoms with Crippen LogP contribution in [-0.4, -0.2) is 39.3 Å². The Labute approximate surface area is 245 Å². The quantitative estimate of drug-likeness (QED) is 0.206. The minimum atomic E-state index is -1.01. The number of aliphatic hydroxyl groups excluding tert-OH is 1. The van der Waals surface area contributed by atoms with Crippen LogP contribution in [0.25, 0.3) is 11.8 Å². The van der Waals surface area contributed by atoms with E-state index in [9.17, 15) is 18.7 Å². The van der Waals surface area contributed by atoms with Crippen LogP contribution >= 0.6 is 22.6 Å². The lowest BCUT2D eigenvalue weighted by molar-refractivity contribution is 0.0830. The number of halogens is 3. The molecule has 1 aromatic heterocycles. The third kappa shape index (κ3) is 7.21. The van der Waals surface area contributed by atoms with Crippen molar-refractivity contribution in [1.29, 1.82) is 0 Å². The first kappa shape index (κ1) is 28.1. The van der Waals surface area contributed by atoms with Crippen molar-refractivity contribution in [2.24, 2.45) is 0 Å². The maximum absolute atomic E-state index is 13.9. The molecule has 5 rings (SSSR count).